The van der Waals surface area contributed by atoms with Gasteiger partial charge in [-0.3, -0.25) is 15.1 Å². The molecular weight excluding hydrogens is 522 g/mol. The van der Waals surface area contributed by atoms with Gasteiger partial charge in [0.25, 0.3) is 12.2 Å². The first kappa shape index (κ1) is 26.6. The molecule has 0 saturated carbocycles. The van der Waals surface area contributed by atoms with Gasteiger partial charge in [-0.1, -0.05) is 11.8 Å². The fraction of sp³-hybridized carbons (Fsp3) is 0.333. The summed E-state index contributed by atoms with van der Waals surface area (Å²) >= 11 is 1.42. The zero-order chi connectivity index (χ0) is 27.1. The number of aryl methyl sites for hydroxylation is 1. The summed E-state index contributed by atoms with van der Waals surface area (Å²) in [5.74, 6) is -0.580. The second-order valence-electron chi connectivity index (χ2n) is 9.52. The minimum absolute atomic E-state index is 0.122. The first-order chi connectivity index (χ1) is 18.0. The molecule has 3 unspecified atom stereocenters. The summed E-state index contributed by atoms with van der Waals surface area (Å²) in [6, 6.07) is 15.0. The largest absolute Gasteiger partial charge is 0.439 e. The molecule has 3 aromatic rings. The van der Waals surface area contributed by atoms with E-state index in [1.165, 1.54) is 23.9 Å². The molecule has 2 N–H and O–H groups in total. The van der Waals surface area contributed by atoms with Crippen molar-refractivity contribution in [2.45, 2.75) is 53.7 Å². The predicted molar refractivity (Wildman–Crippen MR) is 133 cm³/mol. The van der Waals surface area contributed by atoms with Gasteiger partial charge in [-0.15, -0.1) is 0 Å². The van der Waals surface area contributed by atoms with Crippen LogP contribution in [0.5, 0.6) is 0 Å². The first-order valence-corrected chi connectivity index (χ1v) is 12.8. The number of carbonyl (C=O) groups excluding carboxylic acids is 1. The van der Waals surface area contributed by atoms with E-state index >= 15 is 0 Å². The monoisotopic (exact) mass is 547 g/mol. The summed E-state index contributed by atoms with van der Waals surface area (Å²) < 4.78 is 57.3. The molecule has 0 radical (unpaired) electrons. The number of nitrogens with zero attached hydrogens (tertiary/aromatic N) is 2. The third-order valence-corrected chi connectivity index (χ3v) is 7.85. The number of aromatic nitrogens is 1. The maximum Gasteiger partial charge on any atom is 0.439 e. The molecular formula is C27H25F4N3O3S. The number of rotatable bonds is 5. The number of hydrogen-bond donors (Lipinski definition) is 2. The number of aliphatic hydroxyl groups is 1. The number of piperidine rings is 1. The van der Waals surface area contributed by atoms with Gasteiger partial charge >= 0.3 is 6.18 Å². The molecule has 200 valence electrons. The zero-order valence-corrected chi connectivity index (χ0v) is 21.2. The number of nitrogens with one attached hydrogen (secondary N) is 1. The second-order valence-corrected chi connectivity index (χ2v) is 10.7. The van der Waals surface area contributed by atoms with Crippen molar-refractivity contribution in [3.05, 3.63) is 83.4 Å². The van der Waals surface area contributed by atoms with Crippen LogP contribution in [0.2, 0.25) is 0 Å². The average molecular weight is 548 g/mol. The van der Waals surface area contributed by atoms with Crippen LogP contribution in [-0.4, -0.2) is 47.8 Å². The summed E-state index contributed by atoms with van der Waals surface area (Å²) in [5, 5.41) is 12.4. The standard InChI is InChI=1S/C27H25F4N3O3S/c1-16-12-17(8-10-32-16)24(35)34-15-26(9-11-33-23(14-26)37-25(36)27(29,30)31)21-13-20(6-7-22(21)34)38-19-4-2-18(28)3-5-19/h2-8,10,12-13,23,25,33,36H,9,11,14-15H2,1H3. The van der Waals surface area contributed by atoms with Gasteiger partial charge in [-0.25, -0.2) is 4.39 Å². The van der Waals surface area contributed by atoms with Crippen molar-refractivity contribution in [2.75, 3.05) is 18.0 Å². The van der Waals surface area contributed by atoms with Crippen molar-refractivity contribution in [2.24, 2.45) is 0 Å². The third-order valence-electron chi connectivity index (χ3n) is 6.85. The second kappa shape index (κ2) is 10.3. The number of benzene rings is 2. The molecule has 38 heavy (non-hydrogen) atoms. The lowest BCUT2D eigenvalue weighted by Crippen LogP contribution is -2.52. The first-order valence-electron chi connectivity index (χ1n) is 12.0. The predicted octanol–water partition coefficient (Wildman–Crippen LogP) is 5.19. The Morgan fingerprint density at radius 1 is 1.18 bits per heavy atom. The molecule has 6 nitrogen and oxygen atoms in total. The maximum absolute atomic E-state index is 13.6. The molecule has 0 aliphatic carbocycles. The van der Waals surface area contributed by atoms with Gasteiger partial charge in [0.2, 0.25) is 0 Å². The van der Waals surface area contributed by atoms with Crippen molar-refractivity contribution >= 4 is 23.4 Å². The summed E-state index contributed by atoms with van der Waals surface area (Å²) in [7, 11) is 0. The van der Waals surface area contributed by atoms with E-state index in [1.54, 1.807) is 42.3 Å². The molecule has 2 aromatic carbocycles. The van der Waals surface area contributed by atoms with Crippen LogP contribution in [0.4, 0.5) is 23.2 Å². The quantitative estimate of drug-likeness (QED) is 0.339. The van der Waals surface area contributed by atoms with Crippen molar-refractivity contribution in [3.8, 4) is 0 Å². The van der Waals surface area contributed by atoms with E-state index in [0.717, 1.165) is 15.4 Å². The number of hydrogen-bond acceptors (Lipinski definition) is 6. The molecule has 1 amide bonds. The molecule has 1 fully saturated rings. The number of anilines is 1. The molecule has 0 bridgehead atoms. The SMILES string of the molecule is Cc1cc(C(=O)N2CC3(CCNC(OC(O)C(F)(F)F)C3)c3cc(Sc4ccc(F)cc4)ccc32)ccn1. The Bertz CT molecular complexity index is 1340. The molecule has 11 heteroatoms. The van der Waals surface area contributed by atoms with Crippen molar-refractivity contribution in [3.63, 3.8) is 0 Å². The van der Waals surface area contributed by atoms with E-state index in [2.05, 4.69) is 10.3 Å². The van der Waals surface area contributed by atoms with Gasteiger partial charge in [0.1, 0.15) is 12.0 Å². The minimum Gasteiger partial charge on any atom is -0.361 e. The van der Waals surface area contributed by atoms with Gasteiger partial charge in [0.15, 0.2) is 0 Å². The van der Waals surface area contributed by atoms with Gasteiger partial charge in [-0.05, 0) is 86.5 Å². The molecule has 5 rings (SSSR count). The van der Waals surface area contributed by atoms with E-state index < -0.39 is 24.1 Å². The highest BCUT2D eigenvalue weighted by atomic mass is 32.2. The third kappa shape index (κ3) is 5.42. The van der Waals surface area contributed by atoms with E-state index in [0.29, 0.717) is 29.9 Å². The number of alkyl halides is 3. The number of fused-ring (bicyclic) bond motifs is 2. The summed E-state index contributed by atoms with van der Waals surface area (Å²) in [6.07, 6.45) is -6.68. The fourth-order valence-corrected chi connectivity index (χ4v) is 5.94. The van der Waals surface area contributed by atoms with Crippen LogP contribution in [0.3, 0.4) is 0 Å². The van der Waals surface area contributed by atoms with Gasteiger partial charge < -0.3 is 14.7 Å². The molecule has 1 spiro atoms. The summed E-state index contributed by atoms with van der Waals surface area (Å²) in [4.78, 5) is 21.1. The highest BCUT2D eigenvalue weighted by Gasteiger charge is 2.49. The van der Waals surface area contributed by atoms with Crippen molar-refractivity contribution in [1.29, 1.82) is 0 Å². The maximum atomic E-state index is 13.6. The normalized spacial score (nSPS) is 21.9. The van der Waals surface area contributed by atoms with E-state index in [1.807, 2.05) is 18.2 Å². The van der Waals surface area contributed by atoms with Crippen LogP contribution < -0.4 is 10.2 Å². The van der Waals surface area contributed by atoms with Crippen LogP contribution in [0.15, 0.2) is 70.6 Å². The molecule has 1 aromatic heterocycles. The van der Waals surface area contributed by atoms with E-state index in [9.17, 15) is 27.5 Å². The lowest BCUT2D eigenvalue weighted by atomic mass is 9.74. The minimum atomic E-state index is -4.92. The number of pyridine rings is 1. The topological polar surface area (TPSA) is 74.7 Å². The van der Waals surface area contributed by atoms with Crippen LogP contribution >= 0.6 is 11.8 Å². The molecule has 1 saturated heterocycles. The van der Waals surface area contributed by atoms with Crippen LogP contribution in [-0.2, 0) is 10.2 Å². The number of carbonyl (C=O) groups is 1. The fourth-order valence-electron chi connectivity index (χ4n) is 5.08. The molecule has 3 atom stereocenters. The van der Waals surface area contributed by atoms with Gasteiger partial charge in [-0.2, -0.15) is 13.2 Å². The van der Waals surface area contributed by atoms with Crippen LogP contribution in [0, 0.1) is 12.7 Å². The molecule has 3 heterocycles. The Labute approximate surface area is 221 Å². The summed E-state index contributed by atoms with van der Waals surface area (Å²) in [6.45, 7) is 2.37. The number of halogens is 4. The highest BCUT2D eigenvalue weighted by molar-refractivity contribution is 7.99. The van der Waals surface area contributed by atoms with Gasteiger partial charge in [0.05, 0.1) is 0 Å². The molecule has 2 aliphatic rings. The van der Waals surface area contributed by atoms with Crippen molar-refractivity contribution < 1.29 is 32.2 Å². The van der Waals surface area contributed by atoms with E-state index in [4.69, 9.17) is 4.74 Å². The Hall–Kier alpha value is -2.99. The van der Waals surface area contributed by atoms with Crippen LogP contribution in [0.1, 0.15) is 34.5 Å². The Balaban J connectivity index is 1.50. The Morgan fingerprint density at radius 3 is 2.63 bits per heavy atom. The average Bonchev–Trinajstić information content (AvgIpc) is 3.17. The summed E-state index contributed by atoms with van der Waals surface area (Å²) in [5.41, 5.74) is 1.94. The lowest BCUT2D eigenvalue weighted by molar-refractivity contribution is -0.311. The van der Waals surface area contributed by atoms with Crippen molar-refractivity contribution in [1.82, 2.24) is 10.3 Å². The number of amides is 1. The smallest absolute Gasteiger partial charge is 0.361 e. The Kier molecular flexibility index (Phi) is 7.21. The van der Waals surface area contributed by atoms with Gasteiger partial charge in [0, 0.05) is 44.9 Å². The zero-order valence-electron chi connectivity index (χ0n) is 20.3. The Morgan fingerprint density at radius 2 is 1.92 bits per heavy atom. The highest BCUT2D eigenvalue weighted by Crippen LogP contribution is 2.49. The lowest BCUT2D eigenvalue weighted by Gasteiger charge is -2.40. The molecule has 2 aliphatic heterocycles. The van der Waals surface area contributed by atoms with E-state index in [-0.39, 0.29) is 24.7 Å². The number of aliphatic hydroxyl groups excluding tert-OH is 1. The van der Waals surface area contributed by atoms with Crippen LogP contribution in [0.25, 0.3) is 0 Å². The number of ether oxygens (including phenoxy) is 1.